The number of carboxylic acid groups (broad SMARTS) is 1. The Labute approximate surface area is 117 Å². The normalized spacial score (nSPS) is 13.6. The first-order valence-electron chi connectivity index (χ1n) is 6.05. The van der Waals surface area contributed by atoms with Crippen molar-refractivity contribution < 1.29 is 14.7 Å². The minimum Gasteiger partial charge on any atom is -0.481 e. The molecule has 1 aromatic rings. The van der Waals surface area contributed by atoms with Crippen LogP contribution in [-0.4, -0.2) is 35.5 Å². The van der Waals surface area contributed by atoms with Crippen LogP contribution in [0.1, 0.15) is 18.9 Å². The number of nitrogens with one attached hydrogen (secondary N) is 1. The summed E-state index contributed by atoms with van der Waals surface area (Å²) >= 11 is 1.63. The van der Waals surface area contributed by atoms with Gasteiger partial charge in [0.25, 0.3) is 0 Å². The molecule has 0 aromatic heterocycles. The molecule has 0 spiro atoms. The van der Waals surface area contributed by atoms with Gasteiger partial charge in [0.05, 0.1) is 5.41 Å². The Morgan fingerprint density at radius 2 is 1.95 bits per heavy atom. The highest BCUT2D eigenvalue weighted by Crippen LogP contribution is 2.27. The van der Waals surface area contributed by atoms with Crippen molar-refractivity contribution in [2.45, 2.75) is 18.8 Å². The average Bonchev–Trinajstić information content (AvgIpc) is 2.39. The van der Waals surface area contributed by atoms with Crippen molar-refractivity contribution in [3.8, 4) is 0 Å². The molecule has 19 heavy (non-hydrogen) atoms. The molecule has 0 fully saturated rings. The number of carboxylic acids is 1. The quantitative estimate of drug-likeness (QED) is 0.749. The number of benzene rings is 1. The summed E-state index contributed by atoms with van der Waals surface area (Å²) in [5.41, 5.74) is -0.549. The van der Waals surface area contributed by atoms with E-state index in [-0.39, 0.29) is 12.3 Å². The SMILES string of the molecule is CSCCNC(=O)CC(C)(C(=O)O)c1ccccc1. The molecular weight excluding hydrogens is 262 g/mol. The third-order valence-corrected chi connectivity index (χ3v) is 3.64. The van der Waals surface area contributed by atoms with Gasteiger partial charge < -0.3 is 10.4 Å². The number of carbonyl (C=O) groups is 2. The molecule has 1 aromatic carbocycles. The highest BCUT2D eigenvalue weighted by Gasteiger charge is 2.37. The molecule has 2 N–H and O–H groups in total. The van der Waals surface area contributed by atoms with Gasteiger partial charge in [-0.2, -0.15) is 11.8 Å². The molecular formula is C14H19NO3S. The van der Waals surface area contributed by atoms with Gasteiger partial charge in [0.15, 0.2) is 0 Å². The minimum atomic E-state index is -1.19. The fraction of sp³-hybridized carbons (Fsp3) is 0.429. The second kappa shape index (κ2) is 7.19. The predicted octanol–water partition coefficient (Wildman–Crippen LogP) is 1.90. The lowest BCUT2D eigenvalue weighted by Gasteiger charge is -2.24. The second-order valence-corrected chi connectivity index (χ2v) is 5.51. The van der Waals surface area contributed by atoms with Crippen molar-refractivity contribution in [2.24, 2.45) is 0 Å². The van der Waals surface area contributed by atoms with Crippen LogP contribution in [0, 0.1) is 0 Å². The molecule has 104 valence electrons. The van der Waals surface area contributed by atoms with E-state index in [2.05, 4.69) is 5.32 Å². The summed E-state index contributed by atoms with van der Waals surface area (Å²) in [6, 6.07) is 8.86. The zero-order valence-corrected chi connectivity index (χ0v) is 12.0. The molecule has 0 saturated carbocycles. The van der Waals surface area contributed by atoms with Gasteiger partial charge in [-0.1, -0.05) is 30.3 Å². The van der Waals surface area contributed by atoms with E-state index in [1.54, 1.807) is 43.0 Å². The van der Waals surface area contributed by atoms with Crippen LogP contribution in [-0.2, 0) is 15.0 Å². The van der Waals surface area contributed by atoms with Gasteiger partial charge in [-0.05, 0) is 18.7 Å². The van der Waals surface area contributed by atoms with Crippen LogP contribution in [0.15, 0.2) is 30.3 Å². The summed E-state index contributed by atoms with van der Waals surface area (Å²) in [7, 11) is 0. The molecule has 0 aliphatic heterocycles. The first-order chi connectivity index (χ1) is 9.00. The van der Waals surface area contributed by atoms with E-state index in [0.29, 0.717) is 12.1 Å². The standard InChI is InChI=1S/C14H19NO3S/c1-14(13(17)18,11-6-4-3-5-7-11)10-12(16)15-8-9-19-2/h3-7H,8-10H2,1-2H3,(H,15,16)(H,17,18). The molecule has 1 rings (SSSR count). The maximum Gasteiger partial charge on any atom is 0.314 e. The topological polar surface area (TPSA) is 66.4 Å². The predicted molar refractivity (Wildman–Crippen MR) is 77.4 cm³/mol. The molecule has 1 amide bonds. The fourth-order valence-corrected chi connectivity index (χ4v) is 2.09. The molecule has 0 saturated heterocycles. The molecule has 0 aliphatic rings. The number of amides is 1. The van der Waals surface area contributed by atoms with E-state index in [9.17, 15) is 14.7 Å². The zero-order valence-electron chi connectivity index (χ0n) is 11.2. The second-order valence-electron chi connectivity index (χ2n) is 4.52. The van der Waals surface area contributed by atoms with Crippen molar-refractivity contribution in [3.63, 3.8) is 0 Å². The maximum absolute atomic E-state index is 11.8. The summed E-state index contributed by atoms with van der Waals surface area (Å²) in [5, 5.41) is 12.2. The maximum atomic E-state index is 11.8. The van der Waals surface area contributed by atoms with Crippen molar-refractivity contribution in [1.29, 1.82) is 0 Å². The lowest BCUT2D eigenvalue weighted by atomic mass is 9.79. The van der Waals surface area contributed by atoms with E-state index in [0.717, 1.165) is 5.75 Å². The Bertz CT molecular complexity index is 436. The monoisotopic (exact) mass is 281 g/mol. The van der Waals surface area contributed by atoms with Crippen LogP contribution in [0.3, 0.4) is 0 Å². The highest BCUT2D eigenvalue weighted by atomic mass is 32.2. The summed E-state index contributed by atoms with van der Waals surface area (Å²) in [6.45, 7) is 2.14. The molecule has 0 bridgehead atoms. The van der Waals surface area contributed by atoms with Crippen LogP contribution in [0.2, 0.25) is 0 Å². The summed E-state index contributed by atoms with van der Waals surface area (Å²) in [4.78, 5) is 23.3. The Morgan fingerprint density at radius 3 is 2.47 bits per heavy atom. The van der Waals surface area contributed by atoms with Crippen molar-refractivity contribution >= 4 is 23.6 Å². The molecule has 0 radical (unpaired) electrons. The van der Waals surface area contributed by atoms with Crippen LogP contribution < -0.4 is 5.32 Å². The molecule has 4 nitrogen and oxygen atoms in total. The molecule has 1 unspecified atom stereocenters. The van der Waals surface area contributed by atoms with Gasteiger partial charge >= 0.3 is 5.97 Å². The largest absolute Gasteiger partial charge is 0.481 e. The number of thioether (sulfide) groups is 1. The summed E-state index contributed by atoms with van der Waals surface area (Å²) in [5.74, 6) is -0.401. The van der Waals surface area contributed by atoms with Crippen LogP contribution >= 0.6 is 11.8 Å². The lowest BCUT2D eigenvalue weighted by Crippen LogP contribution is -2.39. The minimum absolute atomic E-state index is 0.0548. The molecule has 0 aliphatic carbocycles. The Kier molecular flexibility index (Phi) is 5.89. The van der Waals surface area contributed by atoms with Gasteiger partial charge in [-0.3, -0.25) is 9.59 Å². The van der Waals surface area contributed by atoms with E-state index in [4.69, 9.17) is 0 Å². The first-order valence-corrected chi connectivity index (χ1v) is 7.44. The Morgan fingerprint density at radius 1 is 1.32 bits per heavy atom. The Balaban J connectivity index is 2.78. The highest BCUT2D eigenvalue weighted by molar-refractivity contribution is 7.98. The molecule has 5 heteroatoms. The van der Waals surface area contributed by atoms with Crippen LogP contribution in [0.4, 0.5) is 0 Å². The molecule has 1 atom stereocenters. The smallest absolute Gasteiger partial charge is 0.314 e. The third-order valence-electron chi connectivity index (χ3n) is 3.03. The fourth-order valence-electron chi connectivity index (χ4n) is 1.78. The van der Waals surface area contributed by atoms with Crippen LogP contribution in [0.5, 0.6) is 0 Å². The van der Waals surface area contributed by atoms with Crippen LogP contribution in [0.25, 0.3) is 0 Å². The summed E-state index contributed by atoms with van der Waals surface area (Å²) in [6.07, 6.45) is 1.90. The van der Waals surface area contributed by atoms with Gasteiger partial charge in [-0.15, -0.1) is 0 Å². The lowest BCUT2D eigenvalue weighted by molar-refractivity contribution is -0.145. The molecule has 0 heterocycles. The summed E-state index contributed by atoms with van der Waals surface area (Å²) < 4.78 is 0. The average molecular weight is 281 g/mol. The van der Waals surface area contributed by atoms with Crippen molar-refractivity contribution in [1.82, 2.24) is 5.32 Å². The Hall–Kier alpha value is -1.49. The number of carbonyl (C=O) groups excluding carboxylic acids is 1. The van der Waals surface area contributed by atoms with Crippen molar-refractivity contribution in [3.05, 3.63) is 35.9 Å². The van der Waals surface area contributed by atoms with Gasteiger partial charge in [-0.25, -0.2) is 0 Å². The van der Waals surface area contributed by atoms with E-state index in [1.807, 2.05) is 12.3 Å². The zero-order chi connectivity index (χ0) is 14.3. The first kappa shape index (κ1) is 15.6. The number of rotatable bonds is 7. The number of hydrogen-bond donors (Lipinski definition) is 2. The van der Waals surface area contributed by atoms with Crippen molar-refractivity contribution in [2.75, 3.05) is 18.6 Å². The van der Waals surface area contributed by atoms with Gasteiger partial charge in [0.2, 0.25) is 5.91 Å². The third kappa shape index (κ3) is 4.28. The van der Waals surface area contributed by atoms with Gasteiger partial charge in [0.1, 0.15) is 0 Å². The number of aliphatic carboxylic acids is 1. The van der Waals surface area contributed by atoms with E-state index in [1.165, 1.54) is 0 Å². The van der Waals surface area contributed by atoms with Gasteiger partial charge in [0, 0.05) is 18.7 Å². The van der Waals surface area contributed by atoms with E-state index < -0.39 is 11.4 Å². The number of hydrogen-bond acceptors (Lipinski definition) is 3. The van der Waals surface area contributed by atoms with E-state index >= 15 is 0 Å².